The van der Waals surface area contributed by atoms with Crippen LogP contribution in [0, 0.1) is 0 Å². The van der Waals surface area contributed by atoms with Crippen LogP contribution in [0.5, 0.6) is 5.75 Å². The lowest BCUT2D eigenvalue weighted by molar-refractivity contribution is -0.0498. The fourth-order valence-electron chi connectivity index (χ4n) is 1.53. The van der Waals surface area contributed by atoms with Gasteiger partial charge in [0.15, 0.2) is 5.78 Å². The first-order valence-electron chi connectivity index (χ1n) is 5.26. The molecular weight excluding hydrogens is 276 g/mol. The SMILES string of the molecule is O=C(c1cccnc1)c1cc(Cl)cc(OC(F)F)c1. The summed E-state index contributed by atoms with van der Waals surface area (Å²) in [6, 6.07) is 6.99. The Kier molecular flexibility index (Phi) is 4.06. The first-order valence-corrected chi connectivity index (χ1v) is 5.64. The summed E-state index contributed by atoms with van der Waals surface area (Å²) in [7, 11) is 0. The molecule has 0 fully saturated rings. The van der Waals surface area contributed by atoms with E-state index in [1.54, 1.807) is 12.1 Å². The van der Waals surface area contributed by atoms with Gasteiger partial charge in [0.05, 0.1) is 0 Å². The summed E-state index contributed by atoms with van der Waals surface area (Å²) in [5.41, 5.74) is 0.504. The molecule has 0 aliphatic carbocycles. The minimum atomic E-state index is -2.97. The van der Waals surface area contributed by atoms with Crippen molar-refractivity contribution in [1.82, 2.24) is 4.98 Å². The normalized spacial score (nSPS) is 10.5. The van der Waals surface area contributed by atoms with Crippen molar-refractivity contribution >= 4 is 17.4 Å². The van der Waals surface area contributed by atoms with Gasteiger partial charge in [0, 0.05) is 28.5 Å². The summed E-state index contributed by atoms with van der Waals surface area (Å²) < 4.78 is 28.5. The fraction of sp³-hybridized carbons (Fsp3) is 0.0769. The van der Waals surface area contributed by atoms with Crippen molar-refractivity contribution in [3.63, 3.8) is 0 Å². The highest BCUT2D eigenvalue weighted by Gasteiger charge is 2.13. The number of ether oxygens (including phenoxy) is 1. The monoisotopic (exact) mass is 283 g/mol. The molecule has 0 unspecified atom stereocenters. The van der Waals surface area contributed by atoms with Crippen molar-refractivity contribution in [3.8, 4) is 5.75 Å². The molecule has 0 saturated carbocycles. The van der Waals surface area contributed by atoms with Crippen molar-refractivity contribution in [3.05, 3.63) is 58.9 Å². The zero-order valence-electron chi connectivity index (χ0n) is 9.52. The lowest BCUT2D eigenvalue weighted by Crippen LogP contribution is -2.05. The van der Waals surface area contributed by atoms with Gasteiger partial charge in [-0.2, -0.15) is 8.78 Å². The molecule has 19 heavy (non-hydrogen) atoms. The van der Waals surface area contributed by atoms with Gasteiger partial charge in [0.2, 0.25) is 0 Å². The van der Waals surface area contributed by atoms with Gasteiger partial charge in [-0.1, -0.05) is 11.6 Å². The number of carbonyl (C=O) groups excluding carboxylic acids is 1. The van der Waals surface area contributed by atoms with Gasteiger partial charge < -0.3 is 4.74 Å². The van der Waals surface area contributed by atoms with E-state index < -0.39 is 6.61 Å². The molecule has 1 aromatic carbocycles. The maximum absolute atomic E-state index is 12.1. The zero-order chi connectivity index (χ0) is 13.8. The smallest absolute Gasteiger partial charge is 0.387 e. The first-order chi connectivity index (χ1) is 9.06. The minimum Gasteiger partial charge on any atom is -0.435 e. The molecule has 0 saturated heterocycles. The van der Waals surface area contributed by atoms with E-state index in [4.69, 9.17) is 11.6 Å². The maximum atomic E-state index is 12.1. The number of hydrogen-bond donors (Lipinski definition) is 0. The van der Waals surface area contributed by atoms with Crippen molar-refractivity contribution in [1.29, 1.82) is 0 Å². The van der Waals surface area contributed by atoms with E-state index in [2.05, 4.69) is 9.72 Å². The molecule has 0 amide bonds. The third-order valence-electron chi connectivity index (χ3n) is 2.28. The standard InChI is InChI=1S/C13H8ClF2NO2/c14-10-4-9(5-11(6-10)19-13(15)16)12(18)8-2-1-3-17-7-8/h1-7,13H. The van der Waals surface area contributed by atoms with E-state index in [0.29, 0.717) is 5.56 Å². The predicted molar refractivity (Wildman–Crippen MR) is 65.8 cm³/mol. The van der Waals surface area contributed by atoms with Crippen LogP contribution in [0.4, 0.5) is 8.78 Å². The third kappa shape index (κ3) is 3.48. The fourth-order valence-corrected chi connectivity index (χ4v) is 1.75. The molecule has 0 spiro atoms. The number of aromatic nitrogens is 1. The van der Waals surface area contributed by atoms with Crippen LogP contribution in [0.3, 0.4) is 0 Å². The highest BCUT2D eigenvalue weighted by atomic mass is 35.5. The van der Waals surface area contributed by atoms with Crippen molar-refractivity contribution in [2.24, 2.45) is 0 Å². The molecule has 98 valence electrons. The van der Waals surface area contributed by atoms with E-state index >= 15 is 0 Å². The molecule has 0 atom stereocenters. The van der Waals surface area contributed by atoms with Crippen LogP contribution in [-0.2, 0) is 0 Å². The van der Waals surface area contributed by atoms with Crippen LogP contribution in [0.1, 0.15) is 15.9 Å². The number of hydrogen-bond acceptors (Lipinski definition) is 3. The Morgan fingerprint density at radius 3 is 2.68 bits per heavy atom. The first kappa shape index (κ1) is 13.4. The van der Waals surface area contributed by atoms with Gasteiger partial charge in [-0.3, -0.25) is 9.78 Å². The molecule has 0 aliphatic rings. The number of alkyl halides is 2. The molecule has 0 bridgehead atoms. The van der Waals surface area contributed by atoms with E-state index in [1.165, 1.54) is 30.6 Å². The number of halogens is 3. The lowest BCUT2D eigenvalue weighted by Gasteiger charge is -2.07. The lowest BCUT2D eigenvalue weighted by atomic mass is 10.1. The molecule has 2 aromatic rings. The van der Waals surface area contributed by atoms with Crippen LogP contribution >= 0.6 is 11.6 Å². The van der Waals surface area contributed by atoms with Gasteiger partial charge in [0.1, 0.15) is 5.75 Å². The van der Waals surface area contributed by atoms with Crippen molar-refractivity contribution in [2.75, 3.05) is 0 Å². The average molecular weight is 284 g/mol. The summed E-state index contributed by atoms with van der Waals surface area (Å²) in [5, 5.41) is 0.144. The molecule has 2 rings (SSSR count). The Labute approximate surface area is 112 Å². The second-order valence-corrected chi connectivity index (χ2v) is 4.06. The Balaban J connectivity index is 2.34. The Morgan fingerprint density at radius 1 is 1.26 bits per heavy atom. The van der Waals surface area contributed by atoms with Crippen LogP contribution < -0.4 is 4.74 Å². The van der Waals surface area contributed by atoms with E-state index in [9.17, 15) is 13.6 Å². The Bertz CT molecular complexity index is 590. The number of ketones is 1. The summed E-state index contributed by atoms with van der Waals surface area (Å²) in [6.45, 7) is -2.97. The topological polar surface area (TPSA) is 39.2 Å². The number of benzene rings is 1. The van der Waals surface area contributed by atoms with Gasteiger partial charge in [-0.25, -0.2) is 0 Å². The second-order valence-electron chi connectivity index (χ2n) is 3.62. The number of nitrogens with zero attached hydrogens (tertiary/aromatic N) is 1. The Morgan fingerprint density at radius 2 is 2.05 bits per heavy atom. The van der Waals surface area contributed by atoms with Gasteiger partial charge in [0.25, 0.3) is 0 Å². The van der Waals surface area contributed by atoms with E-state index in [-0.39, 0.29) is 22.1 Å². The van der Waals surface area contributed by atoms with Crippen LogP contribution in [0.15, 0.2) is 42.7 Å². The molecule has 1 heterocycles. The van der Waals surface area contributed by atoms with Crippen molar-refractivity contribution in [2.45, 2.75) is 6.61 Å². The van der Waals surface area contributed by atoms with Gasteiger partial charge >= 0.3 is 6.61 Å². The number of pyridine rings is 1. The molecule has 3 nitrogen and oxygen atoms in total. The molecule has 6 heteroatoms. The Hall–Kier alpha value is -2.01. The predicted octanol–water partition coefficient (Wildman–Crippen LogP) is 3.57. The molecular formula is C13H8ClF2NO2. The van der Waals surface area contributed by atoms with E-state index in [0.717, 1.165) is 0 Å². The highest BCUT2D eigenvalue weighted by Crippen LogP contribution is 2.24. The quantitative estimate of drug-likeness (QED) is 0.805. The van der Waals surface area contributed by atoms with Crippen LogP contribution in [-0.4, -0.2) is 17.4 Å². The highest BCUT2D eigenvalue weighted by molar-refractivity contribution is 6.31. The minimum absolute atomic E-state index is 0.144. The third-order valence-corrected chi connectivity index (χ3v) is 2.50. The summed E-state index contributed by atoms with van der Waals surface area (Å²) in [5.74, 6) is -0.524. The van der Waals surface area contributed by atoms with Gasteiger partial charge in [-0.15, -0.1) is 0 Å². The van der Waals surface area contributed by atoms with Crippen LogP contribution in [0.2, 0.25) is 5.02 Å². The largest absolute Gasteiger partial charge is 0.435 e. The zero-order valence-corrected chi connectivity index (χ0v) is 10.3. The molecule has 0 N–H and O–H groups in total. The van der Waals surface area contributed by atoms with Crippen molar-refractivity contribution < 1.29 is 18.3 Å². The summed E-state index contributed by atoms with van der Waals surface area (Å²) in [4.78, 5) is 15.9. The number of rotatable bonds is 4. The summed E-state index contributed by atoms with van der Waals surface area (Å²) in [6.07, 6.45) is 2.91. The summed E-state index contributed by atoms with van der Waals surface area (Å²) >= 11 is 5.77. The molecule has 0 radical (unpaired) electrons. The molecule has 1 aromatic heterocycles. The maximum Gasteiger partial charge on any atom is 0.387 e. The van der Waals surface area contributed by atoms with E-state index in [1.807, 2.05) is 0 Å². The molecule has 0 aliphatic heterocycles. The number of carbonyl (C=O) groups is 1. The average Bonchev–Trinajstić information content (AvgIpc) is 2.37. The second kappa shape index (κ2) is 5.75. The van der Waals surface area contributed by atoms with Crippen LogP contribution in [0.25, 0.3) is 0 Å². The van der Waals surface area contributed by atoms with Gasteiger partial charge in [-0.05, 0) is 30.3 Å².